The van der Waals surface area contributed by atoms with Crippen LogP contribution < -0.4 is 5.32 Å². The van der Waals surface area contributed by atoms with Crippen molar-refractivity contribution in [3.63, 3.8) is 0 Å². The molecule has 1 fully saturated rings. The number of amides is 1. The highest BCUT2D eigenvalue weighted by Crippen LogP contribution is 2.19. The van der Waals surface area contributed by atoms with Crippen molar-refractivity contribution in [2.45, 2.75) is 44.1 Å². The summed E-state index contributed by atoms with van der Waals surface area (Å²) in [6, 6.07) is 7.04. The Hall–Kier alpha value is -2.76. The summed E-state index contributed by atoms with van der Waals surface area (Å²) in [6.07, 6.45) is 0.823. The Morgan fingerprint density at radius 2 is 1.91 bits per heavy atom. The van der Waals surface area contributed by atoms with Gasteiger partial charge in [-0.15, -0.1) is 0 Å². The molecular formula is C21H27N3O7S. The van der Waals surface area contributed by atoms with Crippen molar-refractivity contribution in [2.24, 2.45) is 0 Å². The van der Waals surface area contributed by atoms with Crippen LogP contribution in [0.25, 0.3) is 0 Å². The second kappa shape index (κ2) is 10.7. The summed E-state index contributed by atoms with van der Waals surface area (Å²) in [6.45, 7) is 4.92. The zero-order valence-electron chi connectivity index (χ0n) is 18.1. The average molecular weight is 466 g/mol. The molecule has 0 spiro atoms. The Morgan fingerprint density at radius 1 is 1.22 bits per heavy atom. The number of hydrogen-bond donors (Lipinski definition) is 1. The van der Waals surface area contributed by atoms with Gasteiger partial charge in [0.05, 0.1) is 23.7 Å². The lowest BCUT2D eigenvalue weighted by molar-refractivity contribution is -0.125. The quantitative estimate of drug-likeness (QED) is 0.559. The van der Waals surface area contributed by atoms with Crippen LogP contribution in [0.2, 0.25) is 0 Å². The van der Waals surface area contributed by atoms with Gasteiger partial charge in [-0.1, -0.05) is 18.5 Å². The van der Waals surface area contributed by atoms with Crippen LogP contribution in [-0.4, -0.2) is 62.2 Å². The molecule has 1 amide bonds. The van der Waals surface area contributed by atoms with E-state index in [1.807, 2.05) is 6.92 Å². The average Bonchev–Trinajstić information content (AvgIpc) is 3.21. The highest BCUT2D eigenvalue weighted by Gasteiger charge is 2.27. The first-order valence-corrected chi connectivity index (χ1v) is 11.9. The smallest absolute Gasteiger partial charge is 0.338 e. The van der Waals surface area contributed by atoms with E-state index in [1.165, 1.54) is 28.6 Å². The molecule has 0 aliphatic carbocycles. The van der Waals surface area contributed by atoms with Gasteiger partial charge < -0.3 is 19.3 Å². The summed E-state index contributed by atoms with van der Waals surface area (Å²) >= 11 is 0. The molecule has 10 nitrogen and oxygen atoms in total. The maximum Gasteiger partial charge on any atom is 0.338 e. The molecule has 0 radical (unpaired) electrons. The first kappa shape index (κ1) is 23.9. The Bertz CT molecular complexity index is 1030. The third kappa shape index (κ3) is 5.93. The molecule has 0 bridgehead atoms. The number of aryl methyl sites for hydroxylation is 1. The molecule has 2 aromatic rings. The van der Waals surface area contributed by atoms with E-state index >= 15 is 0 Å². The van der Waals surface area contributed by atoms with Gasteiger partial charge in [0.25, 0.3) is 5.91 Å². The third-order valence-electron chi connectivity index (χ3n) is 4.94. The number of morpholine rings is 1. The molecule has 2 heterocycles. The topological polar surface area (TPSA) is 128 Å². The van der Waals surface area contributed by atoms with Crippen molar-refractivity contribution in [1.82, 2.24) is 9.46 Å². The molecule has 0 unspecified atom stereocenters. The SMILES string of the molecule is CCCC[C@@H](OC(=O)c1ccc(S(=O)(=O)N2CCOCC2)cc1)C(=O)Nc1cc(C)on1. The second-order valence-corrected chi connectivity index (χ2v) is 9.33. The van der Waals surface area contributed by atoms with Crippen molar-refractivity contribution in [3.05, 3.63) is 41.7 Å². The lowest BCUT2D eigenvalue weighted by Gasteiger charge is -2.26. The normalized spacial score (nSPS) is 15.8. The molecule has 1 atom stereocenters. The zero-order chi connectivity index (χ0) is 23.1. The molecule has 3 rings (SSSR count). The van der Waals surface area contributed by atoms with E-state index in [0.717, 1.165) is 6.42 Å². The van der Waals surface area contributed by atoms with Gasteiger partial charge in [0.2, 0.25) is 10.0 Å². The van der Waals surface area contributed by atoms with Gasteiger partial charge in [-0.25, -0.2) is 13.2 Å². The number of sulfonamides is 1. The van der Waals surface area contributed by atoms with Gasteiger partial charge in [0.1, 0.15) is 5.76 Å². The van der Waals surface area contributed by atoms with Gasteiger partial charge >= 0.3 is 5.97 Å². The second-order valence-electron chi connectivity index (χ2n) is 7.39. The summed E-state index contributed by atoms with van der Waals surface area (Å²) in [4.78, 5) is 25.3. The maximum absolute atomic E-state index is 12.7. The predicted molar refractivity (Wildman–Crippen MR) is 115 cm³/mol. The minimum Gasteiger partial charge on any atom is -0.449 e. The van der Waals surface area contributed by atoms with Crippen molar-refractivity contribution in [1.29, 1.82) is 0 Å². The fraction of sp³-hybridized carbons (Fsp3) is 0.476. The number of unbranched alkanes of at least 4 members (excludes halogenated alkanes) is 1. The van der Waals surface area contributed by atoms with E-state index in [4.69, 9.17) is 14.0 Å². The minimum absolute atomic E-state index is 0.0811. The van der Waals surface area contributed by atoms with Crippen LogP contribution in [0.1, 0.15) is 42.3 Å². The summed E-state index contributed by atoms with van der Waals surface area (Å²) in [5.41, 5.74) is 0.150. The number of carbonyl (C=O) groups is 2. The van der Waals surface area contributed by atoms with E-state index in [-0.39, 0.29) is 29.4 Å². The van der Waals surface area contributed by atoms with E-state index < -0.39 is 28.0 Å². The van der Waals surface area contributed by atoms with Crippen molar-refractivity contribution in [3.8, 4) is 0 Å². The molecule has 32 heavy (non-hydrogen) atoms. The maximum atomic E-state index is 12.7. The van der Waals surface area contributed by atoms with Crippen molar-refractivity contribution in [2.75, 3.05) is 31.6 Å². The lowest BCUT2D eigenvalue weighted by atomic mass is 10.1. The van der Waals surface area contributed by atoms with E-state index in [0.29, 0.717) is 31.8 Å². The number of carbonyl (C=O) groups excluding carboxylic acids is 2. The third-order valence-corrected chi connectivity index (χ3v) is 6.85. The number of nitrogens with one attached hydrogen (secondary N) is 1. The molecule has 0 saturated carbocycles. The highest BCUT2D eigenvalue weighted by atomic mass is 32.2. The number of anilines is 1. The zero-order valence-corrected chi connectivity index (χ0v) is 18.9. The Balaban J connectivity index is 1.68. The Morgan fingerprint density at radius 3 is 2.50 bits per heavy atom. The van der Waals surface area contributed by atoms with Crippen LogP contribution in [0.3, 0.4) is 0 Å². The van der Waals surface area contributed by atoms with Gasteiger partial charge in [0, 0.05) is 19.2 Å². The molecule has 1 aromatic carbocycles. The number of ether oxygens (including phenoxy) is 2. The number of hydrogen-bond acceptors (Lipinski definition) is 8. The van der Waals surface area contributed by atoms with Crippen molar-refractivity contribution >= 4 is 27.7 Å². The monoisotopic (exact) mass is 465 g/mol. The fourth-order valence-corrected chi connectivity index (χ4v) is 4.57. The molecule has 1 N–H and O–H groups in total. The molecular weight excluding hydrogens is 438 g/mol. The number of esters is 1. The minimum atomic E-state index is -3.66. The molecule has 1 aliphatic rings. The molecule has 1 aromatic heterocycles. The summed E-state index contributed by atoms with van der Waals surface area (Å²) in [5, 5.41) is 6.29. The van der Waals surface area contributed by atoms with Crippen LogP contribution >= 0.6 is 0 Å². The van der Waals surface area contributed by atoms with Gasteiger partial charge in [0.15, 0.2) is 11.9 Å². The van der Waals surface area contributed by atoms with Crippen LogP contribution in [0.5, 0.6) is 0 Å². The van der Waals surface area contributed by atoms with Crippen LogP contribution in [-0.2, 0) is 24.3 Å². The number of benzene rings is 1. The molecule has 174 valence electrons. The highest BCUT2D eigenvalue weighted by molar-refractivity contribution is 7.89. The fourth-order valence-electron chi connectivity index (χ4n) is 3.16. The first-order chi connectivity index (χ1) is 15.3. The van der Waals surface area contributed by atoms with E-state index in [2.05, 4.69) is 10.5 Å². The van der Waals surface area contributed by atoms with Crippen LogP contribution in [0, 0.1) is 6.92 Å². The molecule has 1 aliphatic heterocycles. The predicted octanol–water partition coefficient (Wildman–Crippen LogP) is 2.36. The Kier molecular flexibility index (Phi) is 7.99. The summed E-state index contributed by atoms with van der Waals surface area (Å²) in [5.74, 6) is -0.447. The summed E-state index contributed by atoms with van der Waals surface area (Å²) < 4.78 is 42.3. The number of aromatic nitrogens is 1. The van der Waals surface area contributed by atoms with E-state index in [1.54, 1.807) is 13.0 Å². The first-order valence-electron chi connectivity index (χ1n) is 10.4. The Labute approximate surface area is 186 Å². The van der Waals surface area contributed by atoms with Gasteiger partial charge in [-0.05, 0) is 44.0 Å². The number of rotatable bonds is 9. The van der Waals surface area contributed by atoms with E-state index in [9.17, 15) is 18.0 Å². The largest absolute Gasteiger partial charge is 0.449 e. The molecule has 11 heteroatoms. The summed E-state index contributed by atoms with van der Waals surface area (Å²) in [7, 11) is -3.66. The van der Waals surface area contributed by atoms with Crippen molar-refractivity contribution < 1.29 is 32.0 Å². The molecule has 1 saturated heterocycles. The number of nitrogens with zero attached hydrogens (tertiary/aromatic N) is 2. The lowest BCUT2D eigenvalue weighted by Crippen LogP contribution is -2.40. The van der Waals surface area contributed by atoms with Crippen LogP contribution in [0.15, 0.2) is 39.8 Å². The van der Waals surface area contributed by atoms with Crippen LogP contribution in [0.4, 0.5) is 5.82 Å². The standard InChI is InChI=1S/C21H27N3O7S/c1-3-4-5-18(20(25)22-19-14-15(2)31-23-19)30-21(26)16-6-8-17(9-7-16)32(27,28)24-10-12-29-13-11-24/h6-9,14,18H,3-5,10-13H2,1-2H3,(H,22,23,25)/t18-/m1/s1. The van der Waals surface area contributed by atoms with Gasteiger partial charge in [-0.3, -0.25) is 4.79 Å². The van der Waals surface area contributed by atoms with Gasteiger partial charge in [-0.2, -0.15) is 4.31 Å².